The first-order valence-electron chi connectivity index (χ1n) is 9.60. The Bertz CT molecular complexity index is 1070. The summed E-state index contributed by atoms with van der Waals surface area (Å²) >= 11 is 0. The maximum absolute atomic E-state index is 11.9. The molecule has 0 saturated heterocycles. The number of aliphatic imine (C=N–C) groups is 1. The van der Waals surface area contributed by atoms with Crippen LogP contribution in [0.2, 0.25) is 0 Å². The fraction of sp³-hybridized carbons (Fsp3) is 0.286. The zero-order valence-corrected chi connectivity index (χ0v) is 18.6. The van der Waals surface area contributed by atoms with Gasteiger partial charge in [0.15, 0.2) is 0 Å². The average Bonchev–Trinajstić information content (AvgIpc) is 3.16. The molecule has 0 aliphatic carbocycles. The van der Waals surface area contributed by atoms with Crippen LogP contribution >= 0.6 is 0 Å². The van der Waals surface area contributed by atoms with E-state index in [-0.39, 0.29) is 5.75 Å². The Morgan fingerprint density at radius 2 is 1.44 bits per heavy atom. The molecule has 4 N–H and O–H groups in total. The number of carboxylic acids is 2. The van der Waals surface area contributed by atoms with Gasteiger partial charge in [-0.2, -0.15) is 0 Å². The van der Waals surface area contributed by atoms with Crippen LogP contribution in [0.5, 0.6) is 0 Å². The van der Waals surface area contributed by atoms with Gasteiger partial charge in [-0.05, 0) is 23.1 Å². The second-order valence-corrected chi connectivity index (χ2v) is 9.42. The molecule has 3 rings (SSSR count). The van der Waals surface area contributed by atoms with E-state index in [9.17, 15) is 8.42 Å². The highest BCUT2D eigenvalue weighted by atomic mass is 32.2. The van der Waals surface area contributed by atoms with Crippen molar-refractivity contribution in [3.8, 4) is 0 Å². The number of benzene rings is 2. The van der Waals surface area contributed by atoms with Gasteiger partial charge in [-0.1, -0.05) is 48.5 Å². The zero-order valence-electron chi connectivity index (χ0n) is 17.8. The highest BCUT2D eigenvalue weighted by molar-refractivity contribution is 7.88. The minimum Gasteiger partial charge on any atom is -0.473 e. The molecule has 1 aliphatic heterocycles. The third kappa shape index (κ3) is 7.15. The van der Waals surface area contributed by atoms with Crippen LogP contribution in [0.3, 0.4) is 0 Å². The summed E-state index contributed by atoms with van der Waals surface area (Å²) in [4.78, 5) is 22.6. The first-order chi connectivity index (χ1) is 15.0. The van der Waals surface area contributed by atoms with Crippen molar-refractivity contribution >= 4 is 27.8 Å². The number of nitrogens with zero attached hydrogens (tertiary/aromatic N) is 3. The van der Waals surface area contributed by atoms with Gasteiger partial charge in [0.2, 0.25) is 10.0 Å². The maximum Gasteiger partial charge on any atom is 0.414 e. The van der Waals surface area contributed by atoms with Gasteiger partial charge < -0.3 is 10.2 Å². The number of sulfonamides is 1. The number of hydrogen-bond acceptors (Lipinski definition) is 7. The maximum atomic E-state index is 11.9. The monoisotopic (exact) mass is 462 g/mol. The number of hydrazine groups is 1. The normalized spacial score (nSPS) is 13.4. The molecule has 0 spiro atoms. The minimum atomic E-state index is -3.23. The summed E-state index contributed by atoms with van der Waals surface area (Å²) in [6, 6.07) is 16.0. The second-order valence-electron chi connectivity index (χ2n) is 7.24. The topological polar surface area (TPSA) is 154 Å². The first-order valence-corrected chi connectivity index (χ1v) is 11.2. The molecule has 0 unspecified atom stereocenters. The van der Waals surface area contributed by atoms with Crippen LogP contribution in [0.1, 0.15) is 22.3 Å². The van der Waals surface area contributed by atoms with Crippen molar-refractivity contribution < 1.29 is 28.2 Å². The third-order valence-electron chi connectivity index (χ3n) is 4.61. The van der Waals surface area contributed by atoms with Crippen molar-refractivity contribution in [2.24, 2.45) is 10.8 Å². The Hall–Kier alpha value is -3.28. The summed E-state index contributed by atoms with van der Waals surface area (Å²) in [7, 11) is -0.133. The highest BCUT2D eigenvalue weighted by Gasteiger charge is 2.15. The van der Waals surface area contributed by atoms with Gasteiger partial charge in [-0.15, -0.1) is 0 Å². The Balaban J connectivity index is 0.000000534. The van der Waals surface area contributed by atoms with Crippen molar-refractivity contribution in [2.75, 3.05) is 27.2 Å². The van der Waals surface area contributed by atoms with Crippen LogP contribution in [-0.2, 0) is 31.8 Å². The number of aliphatic carboxylic acids is 2. The molecule has 32 heavy (non-hydrogen) atoms. The van der Waals surface area contributed by atoms with Crippen molar-refractivity contribution in [1.82, 2.24) is 9.31 Å². The molecule has 10 nitrogen and oxygen atoms in total. The molecule has 1 heterocycles. The van der Waals surface area contributed by atoms with E-state index in [0.717, 1.165) is 42.0 Å². The number of carbonyl (C=O) groups is 2. The van der Waals surface area contributed by atoms with E-state index in [2.05, 4.69) is 17.1 Å². The summed E-state index contributed by atoms with van der Waals surface area (Å²) < 4.78 is 25.1. The molecule has 0 saturated carbocycles. The molecule has 0 amide bonds. The zero-order chi connectivity index (χ0) is 23.9. The molecule has 1 aliphatic rings. The lowest BCUT2D eigenvalue weighted by atomic mass is 10.0. The molecule has 2 aromatic rings. The van der Waals surface area contributed by atoms with Gasteiger partial charge in [0.25, 0.3) is 0 Å². The van der Waals surface area contributed by atoms with Gasteiger partial charge in [0, 0.05) is 19.7 Å². The third-order valence-corrected chi connectivity index (χ3v) is 6.42. The largest absolute Gasteiger partial charge is 0.473 e. The lowest BCUT2D eigenvalue weighted by molar-refractivity contribution is -0.159. The van der Waals surface area contributed by atoms with Gasteiger partial charge >= 0.3 is 11.9 Å². The number of nitrogens with two attached hydrogens (primary N) is 1. The van der Waals surface area contributed by atoms with E-state index in [0.29, 0.717) is 0 Å². The van der Waals surface area contributed by atoms with E-state index in [1.165, 1.54) is 9.87 Å². The summed E-state index contributed by atoms with van der Waals surface area (Å²) in [6.07, 6.45) is 0.791. The Labute approximate surface area is 186 Å². The van der Waals surface area contributed by atoms with Gasteiger partial charge in [0.1, 0.15) is 5.84 Å². The predicted molar refractivity (Wildman–Crippen MR) is 120 cm³/mol. The fourth-order valence-corrected chi connectivity index (χ4v) is 3.69. The minimum absolute atomic E-state index is 0.0205. The predicted octanol–water partition coefficient (Wildman–Crippen LogP) is 0.760. The lowest BCUT2D eigenvalue weighted by Gasteiger charge is -2.13. The molecule has 0 bridgehead atoms. The smallest absolute Gasteiger partial charge is 0.414 e. The summed E-state index contributed by atoms with van der Waals surface area (Å²) in [5.41, 5.74) is 4.14. The highest BCUT2D eigenvalue weighted by Crippen LogP contribution is 2.15. The molecule has 0 radical (unpaired) electrons. The van der Waals surface area contributed by atoms with Crippen molar-refractivity contribution in [3.05, 3.63) is 70.8 Å². The number of rotatable bonds is 6. The van der Waals surface area contributed by atoms with E-state index < -0.39 is 22.0 Å². The second kappa shape index (κ2) is 10.8. The van der Waals surface area contributed by atoms with Crippen LogP contribution in [0.25, 0.3) is 0 Å². The van der Waals surface area contributed by atoms with Crippen LogP contribution in [0, 0.1) is 0 Å². The van der Waals surface area contributed by atoms with E-state index in [1.54, 1.807) is 19.1 Å². The van der Waals surface area contributed by atoms with Crippen LogP contribution in [-0.4, -0.2) is 72.9 Å². The fourth-order valence-electron chi connectivity index (χ4n) is 2.82. The molecular weight excluding hydrogens is 436 g/mol. The average molecular weight is 463 g/mol. The number of amidine groups is 1. The van der Waals surface area contributed by atoms with Crippen molar-refractivity contribution in [2.45, 2.75) is 12.2 Å². The molecular formula is C21H26N4O6S. The SMILES string of the molecule is CN(C)S(=O)(=O)Cc1ccc(Cc2ccc(C3=NCCN3N)cc2)cc1.O=C(O)C(=O)O. The number of carboxylic acid groups (broad SMARTS) is 2. The Kier molecular flexibility index (Phi) is 8.47. The molecule has 2 aromatic carbocycles. The van der Waals surface area contributed by atoms with Crippen molar-refractivity contribution in [3.63, 3.8) is 0 Å². The molecule has 0 aromatic heterocycles. The standard InChI is InChI=1S/C19H24N4O2S.C2H2O4/c1-22(2)26(24,25)14-17-5-3-15(4-6-17)13-16-7-9-18(10-8-16)19-21-11-12-23(19)20;3-1(4)2(5)6/h3-10H,11-14,20H2,1-2H3;(H,3,4)(H,5,6). The van der Waals surface area contributed by atoms with Gasteiger partial charge in [0.05, 0.1) is 18.8 Å². The molecule has 0 atom stereocenters. The molecule has 172 valence electrons. The van der Waals surface area contributed by atoms with Gasteiger partial charge in [-0.25, -0.2) is 28.2 Å². The summed E-state index contributed by atoms with van der Waals surface area (Å²) in [5.74, 6) is 3.11. The number of hydrogen-bond donors (Lipinski definition) is 3. The quantitative estimate of drug-likeness (QED) is 0.420. The van der Waals surface area contributed by atoms with E-state index in [4.69, 9.17) is 25.6 Å². The van der Waals surface area contributed by atoms with Crippen LogP contribution < -0.4 is 5.84 Å². The molecule has 11 heteroatoms. The lowest BCUT2D eigenvalue weighted by Crippen LogP contribution is -2.34. The van der Waals surface area contributed by atoms with Crippen LogP contribution in [0.4, 0.5) is 0 Å². The van der Waals surface area contributed by atoms with Crippen molar-refractivity contribution in [1.29, 1.82) is 0 Å². The Morgan fingerprint density at radius 1 is 0.969 bits per heavy atom. The first kappa shape index (κ1) is 25.0. The summed E-state index contributed by atoms with van der Waals surface area (Å²) in [6.45, 7) is 1.50. The summed E-state index contributed by atoms with van der Waals surface area (Å²) in [5, 5.41) is 16.5. The van der Waals surface area contributed by atoms with Crippen LogP contribution in [0.15, 0.2) is 53.5 Å². The van der Waals surface area contributed by atoms with E-state index in [1.807, 2.05) is 36.4 Å². The van der Waals surface area contributed by atoms with E-state index >= 15 is 0 Å². The van der Waals surface area contributed by atoms with Gasteiger partial charge in [-0.3, -0.25) is 10.0 Å². The molecule has 0 fully saturated rings. The Morgan fingerprint density at radius 3 is 1.84 bits per heavy atom.